The molecule has 1 unspecified atom stereocenters. The molecular formula is C62H108N12O11S2. The smallest absolute Gasteiger partial charge is 0.306 e. The zero-order valence-electron chi connectivity index (χ0n) is 52.6. The number of imidazole rings is 2. The Bertz CT molecular complexity index is 2210. The minimum atomic E-state index is -1.44. The van der Waals surface area contributed by atoms with Crippen LogP contribution in [-0.2, 0) is 65.5 Å². The summed E-state index contributed by atoms with van der Waals surface area (Å²) in [5, 5.41) is 12.8. The number of nitrogens with zero attached hydrogens (tertiary/aromatic N) is 2. The fourth-order valence-corrected chi connectivity index (χ4v) is 11.1. The van der Waals surface area contributed by atoms with Gasteiger partial charge in [0.25, 0.3) is 0 Å². The van der Waals surface area contributed by atoms with Crippen LogP contribution in [0.5, 0.6) is 0 Å². The van der Waals surface area contributed by atoms with Crippen molar-refractivity contribution in [1.29, 1.82) is 0 Å². The summed E-state index contributed by atoms with van der Waals surface area (Å²) in [5.74, 6) is -5.54. The van der Waals surface area contributed by atoms with Gasteiger partial charge in [-0.05, 0) is 37.7 Å². The van der Waals surface area contributed by atoms with Gasteiger partial charge in [0.15, 0.2) is 0 Å². The van der Waals surface area contributed by atoms with Crippen LogP contribution >= 0.6 is 23.5 Å². The van der Waals surface area contributed by atoms with E-state index in [0.717, 1.165) is 38.5 Å². The number of amides is 7. The minimum Gasteiger partial charge on any atom is -0.462 e. The monoisotopic (exact) mass is 1260 g/mol. The zero-order valence-corrected chi connectivity index (χ0v) is 54.2. The first-order valence-electron chi connectivity index (χ1n) is 32.2. The highest BCUT2D eigenvalue weighted by Crippen LogP contribution is 2.17. The molecule has 0 aliphatic heterocycles. The molecule has 0 spiro atoms. The molecule has 2 aromatic rings. The maximum Gasteiger partial charge on any atom is 0.306 e. The first-order valence-corrected chi connectivity index (χ1v) is 34.8. The molecule has 7 amide bonds. The number of nitrogens with two attached hydrogens (primary N) is 3. The number of aromatic amines is 2. The molecule has 13 N–H and O–H groups in total. The third kappa shape index (κ3) is 39.7. The van der Waals surface area contributed by atoms with Crippen molar-refractivity contribution in [3.63, 3.8) is 0 Å². The molecule has 494 valence electrons. The lowest BCUT2D eigenvalue weighted by molar-refractivity contribution is -0.157. The maximum atomic E-state index is 14.1. The van der Waals surface area contributed by atoms with E-state index < -0.39 is 90.2 Å². The maximum absolute atomic E-state index is 14.1. The van der Waals surface area contributed by atoms with Gasteiger partial charge in [0.1, 0.15) is 36.9 Å². The Morgan fingerprint density at radius 2 is 0.966 bits per heavy atom. The summed E-state index contributed by atoms with van der Waals surface area (Å²) >= 11 is 2.67. The van der Waals surface area contributed by atoms with Crippen molar-refractivity contribution in [3.8, 4) is 0 Å². The summed E-state index contributed by atoms with van der Waals surface area (Å²) in [5.41, 5.74) is 18.2. The molecule has 0 bridgehead atoms. The molecule has 0 saturated heterocycles. The second-order valence-corrected chi connectivity index (χ2v) is 24.8. The highest BCUT2D eigenvalue weighted by molar-refractivity contribution is 7.99. The third-order valence-electron chi connectivity index (χ3n) is 14.9. The Hall–Kier alpha value is -5.69. The molecule has 23 nitrogen and oxygen atoms in total. The van der Waals surface area contributed by atoms with E-state index >= 15 is 0 Å². The van der Waals surface area contributed by atoms with Gasteiger partial charge >= 0.3 is 11.9 Å². The number of hydrogen-bond donors (Lipinski definition) is 10. The molecule has 2 rings (SSSR count). The Morgan fingerprint density at radius 1 is 0.529 bits per heavy atom. The Labute approximate surface area is 525 Å². The first-order chi connectivity index (χ1) is 42.1. The van der Waals surface area contributed by atoms with E-state index in [9.17, 15) is 43.2 Å². The fourth-order valence-electron chi connectivity index (χ4n) is 9.68. The molecule has 0 aromatic carbocycles. The highest BCUT2D eigenvalue weighted by Gasteiger charge is 2.32. The summed E-state index contributed by atoms with van der Waals surface area (Å²) in [6.45, 7) is 3.70. The van der Waals surface area contributed by atoms with Gasteiger partial charge in [-0.25, -0.2) is 9.97 Å². The van der Waals surface area contributed by atoms with Gasteiger partial charge in [0.05, 0.1) is 25.2 Å². The lowest BCUT2D eigenvalue weighted by atomic mass is 10.0. The number of H-pyrrole nitrogens is 2. The summed E-state index contributed by atoms with van der Waals surface area (Å²) in [7, 11) is 0. The van der Waals surface area contributed by atoms with Crippen LogP contribution in [0.3, 0.4) is 0 Å². The SMILES string of the molecule is CCCCCCCCCCCCCCCC(=O)OCC(CSC[C@H](N)C(=O)NCC(=O)N[C@@H](CCC(N)=O)C(=O)N[C@@H](Cc1cnc[nH]1)C(=O)N[C@@H](Cc1cnc[nH]1)C(=O)N[C@@H](CCSC)C(N)=O)OC(=O)CCCCCCCCCCCCCCC. The Kier molecular flexibility index (Phi) is 44.7. The van der Waals surface area contributed by atoms with Gasteiger partial charge in [-0.1, -0.05) is 168 Å². The largest absolute Gasteiger partial charge is 0.462 e. The predicted molar refractivity (Wildman–Crippen MR) is 343 cm³/mol. The van der Waals surface area contributed by atoms with Crippen LogP contribution in [0, 0.1) is 0 Å². The Morgan fingerprint density at radius 3 is 1.39 bits per heavy atom. The molecule has 0 saturated carbocycles. The van der Waals surface area contributed by atoms with Crippen LogP contribution in [0.4, 0.5) is 0 Å². The lowest BCUT2D eigenvalue weighted by Gasteiger charge is -2.26. The number of esters is 2. The lowest BCUT2D eigenvalue weighted by Crippen LogP contribution is -2.59. The number of nitrogens with one attached hydrogen (secondary N) is 7. The van der Waals surface area contributed by atoms with Crippen LogP contribution in [0.1, 0.15) is 224 Å². The quantitative estimate of drug-likeness (QED) is 0.0236. The van der Waals surface area contributed by atoms with Gasteiger partial charge in [0.2, 0.25) is 41.4 Å². The summed E-state index contributed by atoms with van der Waals surface area (Å²) in [4.78, 5) is 132. The molecule has 87 heavy (non-hydrogen) atoms. The van der Waals surface area contributed by atoms with Crippen molar-refractivity contribution in [2.45, 2.75) is 262 Å². The number of carbonyl (C=O) groups excluding carboxylic acids is 9. The average Bonchev–Trinajstić information content (AvgIpc) is 4.36. The van der Waals surface area contributed by atoms with E-state index in [1.54, 1.807) is 0 Å². The van der Waals surface area contributed by atoms with E-state index in [2.05, 4.69) is 60.4 Å². The summed E-state index contributed by atoms with van der Waals surface area (Å²) in [6.07, 6.45) is 37.3. The van der Waals surface area contributed by atoms with Gasteiger partial charge in [-0.2, -0.15) is 23.5 Å². The fraction of sp³-hybridized carbons (Fsp3) is 0.758. The summed E-state index contributed by atoms with van der Waals surface area (Å²) in [6, 6.07) is -6.28. The van der Waals surface area contributed by atoms with Gasteiger partial charge in [0, 0.05) is 67.4 Å². The third-order valence-corrected chi connectivity index (χ3v) is 16.7. The first kappa shape index (κ1) is 77.4. The number of rotatable bonds is 56. The van der Waals surface area contributed by atoms with Crippen molar-refractivity contribution >= 4 is 76.8 Å². The van der Waals surface area contributed by atoms with E-state index in [1.165, 1.54) is 164 Å². The molecule has 0 radical (unpaired) electrons. The van der Waals surface area contributed by atoms with Crippen LogP contribution in [-0.4, -0.2) is 146 Å². The second-order valence-electron chi connectivity index (χ2n) is 22.7. The molecule has 0 aliphatic rings. The van der Waals surface area contributed by atoms with Crippen molar-refractivity contribution in [3.05, 3.63) is 36.4 Å². The highest BCUT2D eigenvalue weighted by atomic mass is 32.2. The molecular weight excluding hydrogens is 1150 g/mol. The zero-order chi connectivity index (χ0) is 63.7. The van der Waals surface area contributed by atoms with E-state index in [4.69, 9.17) is 26.7 Å². The van der Waals surface area contributed by atoms with Gasteiger partial charge in [-0.15, -0.1) is 0 Å². The number of ether oxygens (including phenoxy) is 2. The van der Waals surface area contributed by atoms with E-state index in [0.29, 0.717) is 30.0 Å². The molecule has 0 aliphatic carbocycles. The number of aromatic nitrogens is 4. The molecule has 0 fully saturated rings. The number of unbranched alkanes of at least 4 members (excludes halogenated alkanes) is 24. The molecule has 25 heteroatoms. The van der Waals surface area contributed by atoms with Crippen LogP contribution in [0.25, 0.3) is 0 Å². The van der Waals surface area contributed by atoms with E-state index in [-0.39, 0.29) is 69.0 Å². The number of hydrogen-bond acceptors (Lipinski definition) is 16. The molecule has 2 aromatic heterocycles. The second kappa shape index (κ2) is 50.2. The number of primary amides is 2. The van der Waals surface area contributed by atoms with Crippen molar-refractivity contribution in [1.82, 2.24) is 46.5 Å². The Balaban J connectivity index is 2.01. The number of carbonyl (C=O) groups is 9. The van der Waals surface area contributed by atoms with Crippen LogP contribution in [0.2, 0.25) is 0 Å². The molecule has 6 atom stereocenters. The standard InChI is InChI=1S/C62H108N12O11S2/c1-4-6-8-10-12-14-16-18-20-22-24-26-28-30-56(77)84-41-48(85-57(78)31-29-27-25-23-21-19-17-15-13-11-9-7-5-2)42-87-43-49(63)59(80)68-40-55(76)71-51(32-33-54(64)75)60(81)73-53(37-47-39-67-45-70-47)62(83)74-52(36-46-38-66-44-69-46)61(82)72-50(58(65)79)34-35-86-3/h38-39,44-45,48-53H,4-37,40-43,63H2,1-3H3,(H2,64,75)(H2,65,79)(H,66,69)(H,67,70)(H,68,80)(H,71,76)(H,72,82)(H,73,81)(H,74,83)/t48?,49-,50-,51-,52-,53-/m0/s1. The average molecular weight is 1260 g/mol. The van der Waals surface area contributed by atoms with Gasteiger partial charge in [-0.3, -0.25) is 43.2 Å². The van der Waals surface area contributed by atoms with Crippen molar-refractivity contribution in [2.24, 2.45) is 17.2 Å². The van der Waals surface area contributed by atoms with Gasteiger partial charge < -0.3 is 63.2 Å². The van der Waals surface area contributed by atoms with Crippen molar-refractivity contribution < 1.29 is 52.6 Å². The summed E-state index contributed by atoms with van der Waals surface area (Å²) < 4.78 is 11.4. The van der Waals surface area contributed by atoms with Crippen LogP contribution in [0.15, 0.2) is 25.0 Å². The normalized spacial score (nSPS) is 13.3. The number of thioether (sulfide) groups is 2. The topological polar surface area (TPSA) is 368 Å². The predicted octanol–water partition coefficient (Wildman–Crippen LogP) is 6.96. The van der Waals surface area contributed by atoms with Crippen LogP contribution < -0.4 is 43.8 Å². The van der Waals surface area contributed by atoms with E-state index in [1.807, 2.05) is 6.26 Å². The molecule has 2 heterocycles. The van der Waals surface area contributed by atoms with Crippen molar-refractivity contribution in [2.75, 3.05) is 36.7 Å². The minimum absolute atomic E-state index is 0.0465.